The number of anilines is 1. The smallest absolute Gasteiger partial charge is 0.240 e. The number of phenolic OH excluding ortho intramolecular Hbond substituents is 1. The topological polar surface area (TPSA) is 78.4 Å². The van der Waals surface area contributed by atoms with Gasteiger partial charge in [-0.25, -0.2) is 9.97 Å². The minimum atomic E-state index is -0.0296. The van der Waals surface area contributed by atoms with E-state index in [-0.39, 0.29) is 11.7 Å². The lowest BCUT2D eigenvalue weighted by Gasteiger charge is -2.19. The number of carbonyl (C=O) groups is 1. The third-order valence-corrected chi connectivity index (χ3v) is 4.06. The van der Waals surface area contributed by atoms with Gasteiger partial charge >= 0.3 is 0 Å². The molecule has 0 aliphatic carbocycles. The summed E-state index contributed by atoms with van der Waals surface area (Å²) in [6.07, 6.45) is 0.434. The molecule has 120 valence electrons. The van der Waals surface area contributed by atoms with E-state index < -0.39 is 0 Å². The van der Waals surface area contributed by atoms with Gasteiger partial charge in [-0.3, -0.25) is 15.2 Å². The molecule has 24 heavy (non-hydrogen) atoms. The number of nitrogens with zero attached hydrogens (tertiary/aromatic N) is 3. The maximum Gasteiger partial charge on any atom is 0.240 e. The van der Waals surface area contributed by atoms with Gasteiger partial charge in [-0.2, -0.15) is 0 Å². The number of rotatable bonds is 2. The fourth-order valence-corrected chi connectivity index (χ4v) is 2.85. The number of aromatic nitrogens is 2. The van der Waals surface area contributed by atoms with Crippen LogP contribution in [-0.4, -0.2) is 27.5 Å². The van der Waals surface area contributed by atoms with E-state index in [9.17, 15) is 9.90 Å². The molecule has 1 saturated heterocycles. The molecule has 1 amide bonds. The highest BCUT2D eigenvalue weighted by atomic mass is 16.3. The first-order valence-corrected chi connectivity index (χ1v) is 7.75. The quantitative estimate of drug-likeness (QED) is 0.759. The molecular formula is C18H16N4O2. The minimum Gasteiger partial charge on any atom is -0.507 e. The Bertz CT molecular complexity index is 955. The van der Waals surface area contributed by atoms with E-state index in [0.29, 0.717) is 30.2 Å². The molecule has 1 aliphatic rings. The van der Waals surface area contributed by atoms with Crippen LogP contribution in [0, 0.1) is 6.92 Å². The number of aryl methyl sites for hydroxylation is 1. The van der Waals surface area contributed by atoms with Gasteiger partial charge in [0.15, 0.2) is 11.6 Å². The molecule has 1 aromatic heterocycles. The molecule has 0 saturated carbocycles. The second kappa shape index (κ2) is 5.49. The van der Waals surface area contributed by atoms with E-state index in [1.54, 1.807) is 23.2 Å². The number of aromatic hydroxyl groups is 1. The van der Waals surface area contributed by atoms with Gasteiger partial charge in [-0.1, -0.05) is 18.2 Å². The third kappa shape index (κ3) is 2.42. The van der Waals surface area contributed by atoms with E-state index in [4.69, 9.17) is 0 Å². The molecule has 2 N–H and O–H groups in total. The molecule has 1 aliphatic heterocycles. The summed E-state index contributed by atoms with van der Waals surface area (Å²) in [5, 5.41) is 12.7. The lowest BCUT2D eigenvalue weighted by Crippen LogP contribution is -2.34. The average Bonchev–Trinajstić information content (AvgIpc) is 3.00. The molecule has 0 radical (unpaired) electrons. The second-order valence-corrected chi connectivity index (χ2v) is 5.85. The zero-order valence-corrected chi connectivity index (χ0v) is 13.2. The Balaban J connectivity index is 1.96. The van der Waals surface area contributed by atoms with Crippen LogP contribution in [0.2, 0.25) is 0 Å². The van der Waals surface area contributed by atoms with E-state index in [0.717, 1.165) is 16.5 Å². The SMILES string of the molecule is Cc1ccc2c(N3CCC(=O)N3)nc(-c3ccccc3O)nc2c1. The van der Waals surface area contributed by atoms with Crippen LogP contribution in [0.1, 0.15) is 12.0 Å². The maximum atomic E-state index is 11.6. The fraction of sp³-hybridized carbons (Fsp3) is 0.167. The van der Waals surface area contributed by atoms with Crippen LogP contribution in [0.4, 0.5) is 5.82 Å². The number of fused-ring (bicyclic) bond motifs is 1. The first-order valence-electron chi connectivity index (χ1n) is 7.75. The van der Waals surface area contributed by atoms with Crippen molar-refractivity contribution in [2.45, 2.75) is 13.3 Å². The van der Waals surface area contributed by atoms with Gasteiger partial charge in [0.2, 0.25) is 5.91 Å². The van der Waals surface area contributed by atoms with Gasteiger partial charge in [0.05, 0.1) is 17.6 Å². The lowest BCUT2D eigenvalue weighted by molar-refractivity contribution is -0.119. The van der Waals surface area contributed by atoms with Crippen molar-refractivity contribution in [3.8, 4) is 17.1 Å². The van der Waals surface area contributed by atoms with Crippen LogP contribution in [0.5, 0.6) is 5.75 Å². The summed E-state index contributed by atoms with van der Waals surface area (Å²) < 4.78 is 0. The highest BCUT2D eigenvalue weighted by Gasteiger charge is 2.23. The number of hydrogen-bond donors (Lipinski definition) is 2. The molecule has 2 aromatic carbocycles. The number of phenols is 1. The summed E-state index contributed by atoms with van der Waals surface area (Å²) in [5.74, 6) is 1.17. The predicted octanol–water partition coefficient (Wildman–Crippen LogP) is 2.55. The zero-order chi connectivity index (χ0) is 16.7. The molecule has 0 spiro atoms. The standard InChI is InChI=1S/C18H16N4O2/c1-11-6-7-12-14(10-11)19-17(13-4-2-3-5-15(13)23)20-18(12)22-9-8-16(24)21-22/h2-7,10,23H,8-9H2,1H3,(H,21,24). The molecule has 6 heteroatoms. The first kappa shape index (κ1) is 14.4. The monoisotopic (exact) mass is 320 g/mol. The minimum absolute atomic E-state index is 0.0296. The Morgan fingerprint density at radius 2 is 2.00 bits per heavy atom. The van der Waals surface area contributed by atoms with Crippen molar-refractivity contribution in [1.29, 1.82) is 0 Å². The number of para-hydroxylation sites is 1. The fourth-order valence-electron chi connectivity index (χ4n) is 2.85. The van der Waals surface area contributed by atoms with Crippen LogP contribution < -0.4 is 10.4 Å². The number of hydrazine groups is 1. The van der Waals surface area contributed by atoms with Crippen LogP contribution in [-0.2, 0) is 4.79 Å². The van der Waals surface area contributed by atoms with E-state index in [2.05, 4.69) is 15.4 Å². The Morgan fingerprint density at radius 1 is 1.17 bits per heavy atom. The normalized spacial score (nSPS) is 14.2. The number of amides is 1. The van der Waals surface area contributed by atoms with E-state index >= 15 is 0 Å². The molecule has 6 nitrogen and oxygen atoms in total. The van der Waals surface area contributed by atoms with Gasteiger partial charge in [-0.15, -0.1) is 0 Å². The second-order valence-electron chi connectivity index (χ2n) is 5.85. The summed E-state index contributed by atoms with van der Waals surface area (Å²) in [6.45, 7) is 2.55. The van der Waals surface area contributed by atoms with Gasteiger partial charge in [0, 0.05) is 11.8 Å². The Kier molecular flexibility index (Phi) is 3.30. The third-order valence-electron chi connectivity index (χ3n) is 4.06. The number of carbonyl (C=O) groups excluding carboxylic acids is 1. The van der Waals surface area contributed by atoms with Crippen molar-refractivity contribution in [3.63, 3.8) is 0 Å². The Labute approximate surface area is 138 Å². The molecule has 3 aromatic rings. The molecule has 4 rings (SSSR count). The average molecular weight is 320 g/mol. The highest BCUT2D eigenvalue weighted by Crippen LogP contribution is 2.32. The maximum absolute atomic E-state index is 11.6. The predicted molar refractivity (Wildman–Crippen MR) is 91.5 cm³/mol. The van der Waals surface area contributed by atoms with Crippen LogP contribution >= 0.6 is 0 Å². The highest BCUT2D eigenvalue weighted by molar-refractivity contribution is 5.93. The molecule has 2 heterocycles. The van der Waals surface area contributed by atoms with Crippen LogP contribution in [0.3, 0.4) is 0 Å². The Morgan fingerprint density at radius 3 is 2.75 bits per heavy atom. The zero-order valence-electron chi connectivity index (χ0n) is 13.2. The van der Waals surface area contributed by atoms with Crippen molar-refractivity contribution in [2.75, 3.05) is 11.6 Å². The van der Waals surface area contributed by atoms with E-state index in [1.807, 2.05) is 31.2 Å². The molecule has 1 fully saturated rings. The lowest BCUT2D eigenvalue weighted by atomic mass is 10.1. The first-order chi connectivity index (χ1) is 11.6. The summed E-state index contributed by atoms with van der Waals surface area (Å²) in [7, 11) is 0. The molecule has 0 bridgehead atoms. The number of benzene rings is 2. The van der Waals surface area contributed by atoms with Crippen molar-refractivity contribution < 1.29 is 9.90 Å². The van der Waals surface area contributed by atoms with Gasteiger partial charge in [-0.05, 0) is 36.8 Å². The summed E-state index contributed by atoms with van der Waals surface area (Å²) in [6, 6.07) is 12.9. The van der Waals surface area contributed by atoms with Crippen LogP contribution in [0.25, 0.3) is 22.3 Å². The van der Waals surface area contributed by atoms with E-state index in [1.165, 1.54) is 0 Å². The van der Waals surface area contributed by atoms with Gasteiger partial charge in [0.25, 0.3) is 0 Å². The summed E-state index contributed by atoms with van der Waals surface area (Å²) >= 11 is 0. The van der Waals surface area contributed by atoms with Crippen molar-refractivity contribution in [1.82, 2.24) is 15.4 Å². The van der Waals surface area contributed by atoms with Gasteiger partial charge < -0.3 is 5.11 Å². The number of nitrogens with one attached hydrogen (secondary N) is 1. The Hall–Kier alpha value is -3.15. The van der Waals surface area contributed by atoms with Crippen molar-refractivity contribution in [2.24, 2.45) is 0 Å². The van der Waals surface area contributed by atoms with Crippen molar-refractivity contribution in [3.05, 3.63) is 48.0 Å². The number of hydrogen-bond acceptors (Lipinski definition) is 5. The van der Waals surface area contributed by atoms with Crippen molar-refractivity contribution >= 4 is 22.6 Å². The molecule has 0 atom stereocenters. The summed E-state index contributed by atoms with van der Waals surface area (Å²) in [4.78, 5) is 20.8. The largest absolute Gasteiger partial charge is 0.507 e. The van der Waals surface area contributed by atoms with Gasteiger partial charge in [0.1, 0.15) is 5.75 Å². The summed E-state index contributed by atoms with van der Waals surface area (Å²) in [5.41, 5.74) is 5.24. The van der Waals surface area contributed by atoms with Crippen LogP contribution in [0.15, 0.2) is 42.5 Å². The molecule has 0 unspecified atom stereocenters. The molecular weight excluding hydrogens is 304 g/mol.